The monoisotopic (exact) mass is 416 g/mol. The molecule has 1 aromatic heterocycles. The van der Waals surface area contributed by atoms with Crippen molar-refractivity contribution in [1.29, 1.82) is 0 Å². The van der Waals surface area contributed by atoms with E-state index in [-0.39, 0.29) is 5.82 Å². The Labute approximate surface area is 147 Å². The van der Waals surface area contributed by atoms with E-state index >= 15 is 0 Å². The smallest absolute Gasteiger partial charge is 0.387 e. The van der Waals surface area contributed by atoms with Gasteiger partial charge in [-0.15, -0.1) is 0 Å². The van der Waals surface area contributed by atoms with Gasteiger partial charge in [-0.1, -0.05) is 0 Å². The summed E-state index contributed by atoms with van der Waals surface area (Å²) in [7, 11) is -8.55. The Morgan fingerprint density at radius 1 is 1.35 bits per heavy atom. The first-order chi connectivity index (χ1) is 11.9. The second-order valence-electron chi connectivity index (χ2n) is 5.66. The number of aromatic nitrogens is 2. The molecule has 2 rings (SSSR count). The van der Waals surface area contributed by atoms with E-state index in [1.165, 1.54) is 12.3 Å². The van der Waals surface area contributed by atoms with E-state index in [2.05, 4.69) is 4.98 Å². The van der Waals surface area contributed by atoms with Crippen LogP contribution in [0.3, 0.4) is 0 Å². The number of aliphatic hydroxyl groups excluding tert-OH is 2. The van der Waals surface area contributed by atoms with Crippen molar-refractivity contribution in [2.75, 3.05) is 24.7 Å². The maximum atomic E-state index is 11.8. The molecule has 0 amide bonds. The topological polar surface area (TPSA) is 218 Å². The van der Waals surface area contributed by atoms with Gasteiger partial charge in [0.15, 0.2) is 12.4 Å². The molecule has 0 aliphatic carbocycles. The van der Waals surface area contributed by atoms with Crippen LogP contribution >= 0.6 is 15.5 Å². The molecule has 0 saturated carbocycles. The minimum absolute atomic E-state index is 0.0454. The van der Waals surface area contributed by atoms with Gasteiger partial charge in [0.2, 0.25) is 0 Å². The highest BCUT2D eigenvalue weighted by atomic mass is 31.2. The third-order valence-electron chi connectivity index (χ3n) is 3.59. The number of nitrogen functional groups attached to an aromatic ring is 1. The van der Waals surface area contributed by atoms with Crippen molar-refractivity contribution < 1.29 is 43.6 Å². The molecule has 1 aromatic rings. The molecular weight excluding hydrogens is 396 g/mol. The highest BCUT2D eigenvalue weighted by Gasteiger charge is 2.45. The second kappa shape index (κ2) is 7.95. The molecule has 2 heterocycles. The van der Waals surface area contributed by atoms with Crippen LogP contribution in [0.1, 0.15) is 6.23 Å². The number of anilines is 1. The first-order valence-corrected chi connectivity index (χ1v) is 10.9. The van der Waals surface area contributed by atoms with Crippen LogP contribution in [0.25, 0.3) is 0 Å². The van der Waals surface area contributed by atoms with Gasteiger partial charge in [-0.25, -0.2) is 4.79 Å². The summed E-state index contributed by atoms with van der Waals surface area (Å²) in [6, 6.07) is 1.28. The number of nitrogens with zero attached hydrogens (tertiary/aromatic N) is 2. The number of ether oxygens (including phenoxy) is 1. The van der Waals surface area contributed by atoms with Crippen molar-refractivity contribution in [3.05, 3.63) is 22.7 Å². The summed E-state index contributed by atoms with van der Waals surface area (Å²) in [6.07, 6.45) is -5.92. The molecule has 8 N–H and O–H groups in total. The lowest BCUT2D eigenvalue weighted by atomic mass is 10.1. The van der Waals surface area contributed by atoms with Crippen molar-refractivity contribution >= 4 is 21.4 Å². The minimum Gasteiger partial charge on any atom is -0.387 e. The second-order valence-corrected chi connectivity index (χ2v) is 9.47. The fourth-order valence-electron chi connectivity index (χ4n) is 2.23. The lowest BCUT2D eigenvalue weighted by Crippen LogP contribution is -2.36. The third-order valence-corrected chi connectivity index (χ3v) is 6.10. The predicted octanol–water partition coefficient (Wildman–Crippen LogP) is -2.61. The van der Waals surface area contributed by atoms with Gasteiger partial charge >= 0.3 is 21.2 Å². The summed E-state index contributed by atoms with van der Waals surface area (Å²) in [6.45, 7) is -0.632. The zero-order valence-corrected chi connectivity index (χ0v) is 15.1. The maximum absolute atomic E-state index is 11.8. The summed E-state index contributed by atoms with van der Waals surface area (Å²) in [5, 5.41) is 20.0. The van der Waals surface area contributed by atoms with Gasteiger partial charge in [-0.3, -0.25) is 9.13 Å². The molecule has 1 aliphatic rings. The van der Waals surface area contributed by atoms with Crippen molar-refractivity contribution in [2.24, 2.45) is 0 Å². The molecule has 1 fully saturated rings. The Kier molecular flexibility index (Phi) is 6.52. The molecule has 0 radical (unpaired) electrons. The fraction of sp³-hybridized carbons (Fsp3) is 0.636. The van der Waals surface area contributed by atoms with E-state index in [9.17, 15) is 24.5 Å². The average Bonchev–Trinajstić information content (AvgIpc) is 2.79. The van der Waals surface area contributed by atoms with Gasteiger partial charge in [0.25, 0.3) is 0 Å². The van der Waals surface area contributed by atoms with Crippen LogP contribution in [0.5, 0.6) is 0 Å². The molecule has 13 nitrogen and oxygen atoms in total. The van der Waals surface area contributed by atoms with Crippen molar-refractivity contribution in [3.63, 3.8) is 0 Å². The highest BCUT2D eigenvalue weighted by molar-refractivity contribution is 7.60. The average molecular weight is 416 g/mol. The molecule has 15 heteroatoms. The minimum atomic E-state index is -4.32. The van der Waals surface area contributed by atoms with Crippen molar-refractivity contribution in [2.45, 2.75) is 24.5 Å². The zero-order chi connectivity index (χ0) is 19.7. The van der Waals surface area contributed by atoms with E-state index in [1.807, 2.05) is 0 Å². The van der Waals surface area contributed by atoms with Gasteiger partial charge < -0.3 is 30.1 Å². The number of rotatable bonds is 7. The van der Waals surface area contributed by atoms with Crippen LogP contribution in [0.15, 0.2) is 17.1 Å². The summed E-state index contributed by atoms with van der Waals surface area (Å²) in [4.78, 5) is 51.3. The van der Waals surface area contributed by atoms with Crippen LogP contribution in [0.2, 0.25) is 0 Å². The molecule has 0 spiro atoms. The van der Waals surface area contributed by atoms with Crippen LogP contribution in [0.4, 0.5) is 5.82 Å². The molecule has 26 heavy (non-hydrogen) atoms. The number of nitrogens with two attached hydrogens (primary N) is 1. The Bertz CT molecular complexity index is 738. The van der Waals surface area contributed by atoms with Crippen LogP contribution in [0, 0.1) is 0 Å². The molecule has 1 saturated heterocycles. The largest absolute Gasteiger partial charge is 0.404 e. The molecule has 0 bridgehead atoms. The summed E-state index contributed by atoms with van der Waals surface area (Å²) in [5.74, 6) is -0.0454. The number of hydrogen-bond acceptors (Lipinski definition) is 11. The normalized spacial score (nSPS) is 28.8. The molecule has 1 aliphatic heterocycles. The van der Waals surface area contributed by atoms with E-state index in [0.29, 0.717) is 0 Å². The standard InChI is InChI=1S/C11H19N3O10P2/c12-7-1-2-14(11(17)13-7)10-9(16)8(15)6(24-10)5-23-26(21,22)4-3-25(18,19)20/h1-2,6,8-10,15-16,18-20H,3-5H2,(H2-,12,13,17,21,22)/p+1/t6-,8?,9+,10-/m1/s1. The van der Waals surface area contributed by atoms with E-state index in [0.717, 1.165) is 4.57 Å². The Balaban J connectivity index is 2.01. The number of hydrogen-bond donors (Lipinski definition) is 7. The van der Waals surface area contributed by atoms with Crippen LogP contribution in [-0.2, 0) is 13.8 Å². The van der Waals surface area contributed by atoms with Gasteiger partial charge in [0.05, 0.1) is 12.8 Å². The van der Waals surface area contributed by atoms with E-state index in [1.54, 1.807) is 0 Å². The molecule has 2 unspecified atom stereocenters. The Hall–Kier alpha value is -0.980. The summed E-state index contributed by atoms with van der Waals surface area (Å²) < 4.78 is 22.7. The van der Waals surface area contributed by atoms with Crippen molar-refractivity contribution in [1.82, 2.24) is 9.55 Å². The SMILES string of the molecule is Nc1ccn([C@@H]2O[C@H](COP(=O)(O)CC[P+](O)(O)O)C(O)[C@@H]2O)c(=O)n1. The first kappa shape index (κ1) is 21.3. The lowest BCUT2D eigenvalue weighted by Gasteiger charge is -2.18. The van der Waals surface area contributed by atoms with Gasteiger partial charge in [0, 0.05) is 6.20 Å². The summed E-state index contributed by atoms with van der Waals surface area (Å²) in [5.41, 5.74) is 4.53. The zero-order valence-electron chi connectivity index (χ0n) is 13.3. The molecular formula is C11H20N3O10P2+. The third kappa shape index (κ3) is 5.51. The van der Waals surface area contributed by atoms with E-state index in [4.69, 9.17) is 29.7 Å². The Morgan fingerprint density at radius 3 is 2.58 bits per heavy atom. The summed E-state index contributed by atoms with van der Waals surface area (Å²) >= 11 is 0. The number of aliphatic hydroxyl groups is 2. The maximum Gasteiger partial charge on any atom is 0.404 e. The van der Waals surface area contributed by atoms with Gasteiger partial charge in [-0.2, -0.15) is 19.7 Å². The van der Waals surface area contributed by atoms with E-state index < -0.39 is 64.7 Å². The first-order valence-electron chi connectivity index (χ1n) is 7.28. The fourth-order valence-corrected chi connectivity index (χ4v) is 4.82. The van der Waals surface area contributed by atoms with Gasteiger partial charge in [-0.05, 0) is 6.07 Å². The van der Waals surface area contributed by atoms with Crippen molar-refractivity contribution in [3.8, 4) is 0 Å². The Morgan fingerprint density at radius 2 is 2.00 bits per heavy atom. The van der Waals surface area contributed by atoms with Gasteiger partial charge in [0.1, 0.15) is 24.1 Å². The quantitative estimate of drug-likeness (QED) is 0.227. The molecule has 148 valence electrons. The van der Waals surface area contributed by atoms with Crippen LogP contribution < -0.4 is 11.4 Å². The van der Waals surface area contributed by atoms with Crippen LogP contribution in [-0.4, -0.2) is 76.6 Å². The highest BCUT2D eigenvalue weighted by Crippen LogP contribution is 2.51. The molecule has 0 aromatic carbocycles. The lowest BCUT2D eigenvalue weighted by molar-refractivity contribution is -0.0524. The predicted molar refractivity (Wildman–Crippen MR) is 87.9 cm³/mol. The molecule has 5 atom stereocenters.